The van der Waals surface area contributed by atoms with Gasteiger partial charge in [0.1, 0.15) is 5.69 Å². The highest BCUT2D eigenvalue weighted by molar-refractivity contribution is 5.91. The Morgan fingerprint density at radius 1 is 1.22 bits per heavy atom. The molecule has 2 amide bonds. The first-order chi connectivity index (χ1) is 13.2. The normalized spacial score (nSPS) is 17.2. The summed E-state index contributed by atoms with van der Waals surface area (Å²) >= 11 is 0. The van der Waals surface area contributed by atoms with Gasteiger partial charge in [-0.15, -0.1) is 0 Å². The molecule has 1 aliphatic heterocycles. The zero-order valence-corrected chi connectivity index (χ0v) is 14.9. The number of carbonyl (C=O) groups excluding carboxylic acids is 2. The average Bonchev–Trinajstić information content (AvgIpc) is 3.37. The summed E-state index contributed by atoms with van der Waals surface area (Å²) < 4.78 is 10.4. The summed E-state index contributed by atoms with van der Waals surface area (Å²) in [6.07, 6.45) is 3.60. The van der Waals surface area contributed by atoms with E-state index in [0.717, 1.165) is 24.8 Å². The van der Waals surface area contributed by atoms with Crippen molar-refractivity contribution in [3.8, 4) is 0 Å². The summed E-state index contributed by atoms with van der Waals surface area (Å²) in [5.74, 6) is 0.348. The van der Waals surface area contributed by atoms with E-state index in [1.54, 1.807) is 12.1 Å². The predicted molar refractivity (Wildman–Crippen MR) is 98.1 cm³/mol. The van der Waals surface area contributed by atoms with Crippen molar-refractivity contribution in [1.82, 2.24) is 15.4 Å². The minimum Gasteiger partial charge on any atom is -0.459 e. The Balaban J connectivity index is 1.33. The van der Waals surface area contributed by atoms with Crippen molar-refractivity contribution in [2.45, 2.75) is 19.3 Å². The smallest absolute Gasteiger partial charge is 0.286 e. The van der Waals surface area contributed by atoms with Crippen molar-refractivity contribution in [3.63, 3.8) is 0 Å². The summed E-state index contributed by atoms with van der Waals surface area (Å²) in [6, 6.07) is 10.9. The fourth-order valence-electron chi connectivity index (χ4n) is 3.51. The first-order valence-corrected chi connectivity index (χ1v) is 9.13. The lowest BCUT2D eigenvalue weighted by atomic mass is 9.97. The highest BCUT2D eigenvalue weighted by atomic mass is 16.5. The van der Waals surface area contributed by atoms with Crippen LogP contribution in [0.15, 0.2) is 51.6 Å². The number of amides is 2. The Bertz CT molecular complexity index is 932. The van der Waals surface area contributed by atoms with Crippen LogP contribution in [0.25, 0.3) is 11.0 Å². The molecule has 0 spiro atoms. The van der Waals surface area contributed by atoms with Gasteiger partial charge in [-0.3, -0.25) is 9.59 Å². The standard InChI is InChI=1S/C20H21N3O4/c24-19(11-16-15-6-1-2-7-17(15)27-22-16)23-9-3-5-14(13-23)12-21-20(25)18-8-4-10-26-18/h1-2,4,6-8,10,14H,3,5,9,11-13H2,(H,21,25)/t14-/m0/s1. The van der Waals surface area contributed by atoms with Crippen LogP contribution >= 0.6 is 0 Å². The summed E-state index contributed by atoms with van der Waals surface area (Å²) in [7, 11) is 0. The third-order valence-corrected chi connectivity index (χ3v) is 4.94. The Kier molecular flexibility index (Phi) is 4.91. The number of rotatable bonds is 5. The molecule has 0 unspecified atom stereocenters. The number of carbonyl (C=O) groups is 2. The molecule has 4 rings (SSSR count). The first-order valence-electron chi connectivity index (χ1n) is 9.13. The second-order valence-corrected chi connectivity index (χ2v) is 6.84. The Morgan fingerprint density at radius 2 is 2.11 bits per heavy atom. The number of hydrogen-bond donors (Lipinski definition) is 1. The van der Waals surface area contributed by atoms with E-state index >= 15 is 0 Å². The lowest BCUT2D eigenvalue weighted by Crippen LogP contribution is -2.44. The highest BCUT2D eigenvalue weighted by Crippen LogP contribution is 2.21. The van der Waals surface area contributed by atoms with E-state index in [1.165, 1.54) is 6.26 Å². The minimum absolute atomic E-state index is 0.0381. The van der Waals surface area contributed by atoms with Gasteiger partial charge in [-0.2, -0.15) is 0 Å². The molecule has 3 aromatic rings. The summed E-state index contributed by atoms with van der Waals surface area (Å²) in [5.41, 5.74) is 1.36. The van der Waals surface area contributed by atoms with Crippen LogP contribution < -0.4 is 5.32 Å². The molecule has 3 heterocycles. The van der Waals surface area contributed by atoms with Gasteiger partial charge >= 0.3 is 0 Å². The zero-order chi connectivity index (χ0) is 18.6. The monoisotopic (exact) mass is 367 g/mol. The number of fused-ring (bicyclic) bond motifs is 1. The van der Waals surface area contributed by atoms with E-state index < -0.39 is 0 Å². The van der Waals surface area contributed by atoms with Crippen molar-refractivity contribution in [3.05, 3.63) is 54.1 Å². The Labute approximate surface area is 156 Å². The fourth-order valence-corrected chi connectivity index (χ4v) is 3.51. The predicted octanol–water partition coefficient (Wildman–Crippen LogP) is 2.63. The van der Waals surface area contributed by atoms with Crippen molar-refractivity contribution in [2.24, 2.45) is 5.92 Å². The Morgan fingerprint density at radius 3 is 2.96 bits per heavy atom. The Hall–Kier alpha value is -3.09. The lowest BCUT2D eigenvalue weighted by Gasteiger charge is -2.32. The molecule has 0 radical (unpaired) electrons. The SMILES string of the molecule is O=C(NC[C@@H]1CCCN(C(=O)Cc2noc3ccccc23)C1)c1ccco1. The van der Waals surface area contributed by atoms with Crippen molar-refractivity contribution >= 4 is 22.8 Å². The van der Waals surface area contributed by atoms with Gasteiger partial charge in [0.2, 0.25) is 5.91 Å². The fraction of sp³-hybridized carbons (Fsp3) is 0.350. The topological polar surface area (TPSA) is 88.6 Å². The van der Waals surface area contributed by atoms with E-state index in [0.29, 0.717) is 30.1 Å². The minimum atomic E-state index is -0.225. The molecule has 0 bridgehead atoms. The molecule has 1 fully saturated rings. The second kappa shape index (κ2) is 7.65. The van der Waals surface area contributed by atoms with Gasteiger partial charge in [-0.05, 0) is 43.0 Å². The van der Waals surface area contributed by atoms with Gasteiger partial charge in [-0.1, -0.05) is 17.3 Å². The van der Waals surface area contributed by atoms with Gasteiger partial charge in [-0.25, -0.2) is 0 Å². The summed E-state index contributed by atoms with van der Waals surface area (Å²) in [5, 5.41) is 7.81. The van der Waals surface area contributed by atoms with Gasteiger partial charge in [0.05, 0.1) is 12.7 Å². The second-order valence-electron chi connectivity index (χ2n) is 6.84. The largest absolute Gasteiger partial charge is 0.459 e. The number of furan rings is 1. The van der Waals surface area contributed by atoms with Crippen LogP contribution in [0.3, 0.4) is 0 Å². The summed E-state index contributed by atoms with van der Waals surface area (Å²) in [6.45, 7) is 1.89. The molecule has 1 saturated heterocycles. The van der Waals surface area contributed by atoms with E-state index in [4.69, 9.17) is 8.94 Å². The third kappa shape index (κ3) is 3.86. The average molecular weight is 367 g/mol. The molecule has 27 heavy (non-hydrogen) atoms. The third-order valence-electron chi connectivity index (χ3n) is 4.94. The van der Waals surface area contributed by atoms with Gasteiger partial charge in [0.15, 0.2) is 11.3 Å². The number of hydrogen-bond acceptors (Lipinski definition) is 5. The molecular formula is C20H21N3O4. The number of nitrogens with zero attached hydrogens (tertiary/aromatic N) is 2. The van der Waals surface area contributed by atoms with E-state index in [2.05, 4.69) is 10.5 Å². The van der Waals surface area contributed by atoms with Gasteiger partial charge in [0.25, 0.3) is 5.91 Å². The van der Waals surface area contributed by atoms with Crippen LogP contribution in [0.1, 0.15) is 29.1 Å². The summed E-state index contributed by atoms with van der Waals surface area (Å²) in [4.78, 5) is 26.6. The van der Waals surface area contributed by atoms with E-state index in [1.807, 2.05) is 29.2 Å². The first kappa shape index (κ1) is 17.3. The molecule has 1 aromatic carbocycles. The highest BCUT2D eigenvalue weighted by Gasteiger charge is 2.25. The lowest BCUT2D eigenvalue weighted by molar-refractivity contribution is -0.132. The van der Waals surface area contributed by atoms with Crippen LogP contribution in [0, 0.1) is 5.92 Å². The number of aromatic nitrogens is 1. The molecule has 140 valence electrons. The molecule has 0 aliphatic carbocycles. The van der Waals surface area contributed by atoms with E-state index in [9.17, 15) is 9.59 Å². The van der Waals surface area contributed by atoms with Crippen LogP contribution in [-0.4, -0.2) is 41.5 Å². The van der Waals surface area contributed by atoms with Gasteiger partial charge in [0, 0.05) is 25.0 Å². The maximum Gasteiger partial charge on any atom is 0.286 e. The molecular weight excluding hydrogens is 346 g/mol. The number of para-hydroxylation sites is 1. The van der Waals surface area contributed by atoms with Crippen molar-refractivity contribution < 1.29 is 18.5 Å². The maximum absolute atomic E-state index is 12.7. The van der Waals surface area contributed by atoms with Crippen LogP contribution in [-0.2, 0) is 11.2 Å². The number of likely N-dealkylation sites (tertiary alicyclic amines) is 1. The number of piperidine rings is 1. The molecule has 1 aliphatic rings. The molecule has 7 heteroatoms. The molecule has 2 aromatic heterocycles. The number of nitrogens with one attached hydrogen (secondary N) is 1. The van der Waals surface area contributed by atoms with Crippen LogP contribution in [0.5, 0.6) is 0 Å². The molecule has 1 atom stereocenters. The van der Waals surface area contributed by atoms with Gasteiger partial charge < -0.3 is 19.2 Å². The zero-order valence-electron chi connectivity index (χ0n) is 14.9. The molecule has 1 N–H and O–H groups in total. The van der Waals surface area contributed by atoms with E-state index in [-0.39, 0.29) is 24.2 Å². The van der Waals surface area contributed by atoms with Crippen LogP contribution in [0.4, 0.5) is 0 Å². The quantitative estimate of drug-likeness (QED) is 0.749. The van der Waals surface area contributed by atoms with Crippen LogP contribution in [0.2, 0.25) is 0 Å². The van der Waals surface area contributed by atoms with Crippen molar-refractivity contribution in [2.75, 3.05) is 19.6 Å². The van der Waals surface area contributed by atoms with Crippen molar-refractivity contribution in [1.29, 1.82) is 0 Å². The molecule has 0 saturated carbocycles. The number of benzene rings is 1. The molecule has 7 nitrogen and oxygen atoms in total. The maximum atomic E-state index is 12.7.